The van der Waals surface area contributed by atoms with Gasteiger partial charge in [-0.05, 0) is 25.5 Å². The van der Waals surface area contributed by atoms with E-state index >= 15 is 0 Å². The third-order valence-electron chi connectivity index (χ3n) is 4.65. The maximum Gasteiger partial charge on any atom is 0.511 e. The Labute approximate surface area is 183 Å². The summed E-state index contributed by atoms with van der Waals surface area (Å²) in [6.07, 6.45) is 13.6. The summed E-state index contributed by atoms with van der Waals surface area (Å²) >= 11 is 0. The van der Waals surface area contributed by atoms with Crippen molar-refractivity contribution >= 4 is 7.82 Å². The molecule has 1 rings (SSSR count). The molecule has 0 saturated carbocycles. The Balaban J connectivity index is 2.18. The van der Waals surface area contributed by atoms with Crippen LogP contribution in [0, 0.1) is 0 Å². The molecule has 0 aliphatic heterocycles. The fourth-order valence-electron chi connectivity index (χ4n) is 2.94. The molecule has 174 valence electrons. The molecule has 1 unspecified atom stereocenters. The highest BCUT2D eigenvalue weighted by Gasteiger charge is 2.29. The molecule has 7 heteroatoms. The standard InChI is InChI=1S/C23H41O6P/c1-3-5-6-7-8-9-10-11-12-13-17-20-26-30(24,27-22-21-25-4-2)29-28-23-18-15-14-16-19-23/h14-16,18-19H,3-13,17,20-22H2,1-2H3. The zero-order chi connectivity index (χ0) is 21.8. The first-order chi connectivity index (χ1) is 14.7. The minimum Gasteiger partial charge on any atom is -0.379 e. The monoisotopic (exact) mass is 444 g/mol. The summed E-state index contributed by atoms with van der Waals surface area (Å²) in [6.45, 7) is 5.43. The summed E-state index contributed by atoms with van der Waals surface area (Å²) in [5.74, 6) is 0.435. The predicted octanol–water partition coefficient (Wildman–Crippen LogP) is 7.49. The minimum absolute atomic E-state index is 0.113. The smallest absolute Gasteiger partial charge is 0.379 e. The number of unbranched alkanes of at least 4 members (excludes halogenated alkanes) is 10. The van der Waals surface area contributed by atoms with Crippen LogP contribution in [-0.4, -0.2) is 26.4 Å². The van der Waals surface area contributed by atoms with Gasteiger partial charge in [0.2, 0.25) is 0 Å². The SMILES string of the molecule is CCCCCCCCCCCCCOP(=O)(OCCOCC)OOc1ccccc1. The van der Waals surface area contributed by atoms with Crippen molar-refractivity contribution < 1.29 is 27.9 Å². The minimum atomic E-state index is -3.81. The zero-order valence-electron chi connectivity index (χ0n) is 18.9. The second-order valence-corrected chi connectivity index (χ2v) is 8.88. The molecule has 0 saturated heterocycles. The number of phosphoric ester groups is 1. The van der Waals surface area contributed by atoms with Gasteiger partial charge in [-0.25, -0.2) is 4.57 Å². The van der Waals surface area contributed by atoms with Gasteiger partial charge in [0.1, 0.15) is 0 Å². The molecule has 1 aromatic carbocycles. The fourth-order valence-corrected chi connectivity index (χ4v) is 3.93. The second-order valence-electron chi connectivity index (χ2n) is 7.32. The van der Waals surface area contributed by atoms with Gasteiger partial charge in [0.25, 0.3) is 0 Å². The third kappa shape index (κ3) is 15.0. The van der Waals surface area contributed by atoms with Crippen LogP contribution in [-0.2, 0) is 23.0 Å². The van der Waals surface area contributed by atoms with Crippen molar-refractivity contribution in [2.24, 2.45) is 0 Å². The van der Waals surface area contributed by atoms with E-state index in [1.165, 1.54) is 51.4 Å². The molecule has 6 nitrogen and oxygen atoms in total. The van der Waals surface area contributed by atoms with Crippen LogP contribution in [0.3, 0.4) is 0 Å². The maximum atomic E-state index is 12.8. The van der Waals surface area contributed by atoms with Crippen LogP contribution in [0.15, 0.2) is 30.3 Å². The quantitative estimate of drug-likeness (QED) is 0.0847. The summed E-state index contributed by atoms with van der Waals surface area (Å²) in [7, 11) is -3.81. The molecule has 0 aromatic heterocycles. The van der Waals surface area contributed by atoms with Gasteiger partial charge in [-0.15, -0.1) is 0 Å². The second kappa shape index (κ2) is 18.8. The van der Waals surface area contributed by atoms with Gasteiger partial charge in [0.05, 0.1) is 19.8 Å². The largest absolute Gasteiger partial charge is 0.511 e. The molecular weight excluding hydrogens is 403 g/mol. The fraction of sp³-hybridized carbons (Fsp3) is 0.739. The highest BCUT2D eigenvalue weighted by molar-refractivity contribution is 7.48. The Kier molecular flexibility index (Phi) is 17.0. The van der Waals surface area contributed by atoms with Crippen molar-refractivity contribution in [1.29, 1.82) is 0 Å². The van der Waals surface area contributed by atoms with E-state index in [1.807, 2.05) is 13.0 Å². The molecule has 30 heavy (non-hydrogen) atoms. The van der Waals surface area contributed by atoms with E-state index in [0.29, 0.717) is 25.6 Å². The lowest BCUT2D eigenvalue weighted by molar-refractivity contribution is -0.133. The van der Waals surface area contributed by atoms with E-state index in [0.717, 1.165) is 19.3 Å². The maximum absolute atomic E-state index is 12.8. The summed E-state index contributed by atoms with van der Waals surface area (Å²) < 4.78 is 33.8. The molecule has 1 aromatic rings. The molecule has 0 aliphatic carbocycles. The number of ether oxygens (including phenoxy) is 1. The Bertz CT molecular complexity index is 540. The molecule has 1 atom stereocenters. The topological polar surface area (TPSA) is 63.2 Å². The van der Waals surface area contributed by atoms with E-state index in [4.69, 9.17) is 23.3 Å². The van der Waals surface area contributed by atoms with Gasteiger partial charge < -0.3 is 9.62 Å². The van der Waals surface area contributed by atoms with Gasteiger partial charge in [-0.3, -0.25) is 9.05 Å². The lowest BCUT2D eigenvalue weighted by Gasteiger charge is -2.17. The van der Waals surface area contributed by atoms with E-state index < -0.39 is 7.82 Å². The number of benzene rings is 1. The molecule has 0 aliphatic rings. The van der Waals surface area contributed by atoms with Gasteiger partial charge in [0.15, 0.2) is 5.75 Å². The molecule has 0 amide bonds. The van der Waals surface area contributed by atoms with Gasteiger partial charge in [-0.1, -0.05) is 94.0 Å². The number of para-hydroxylation sites is 1. The van der Waals surface area contributed by atoms with Crippen molar-refractivity contribution in [3.63, 3.8) is 0 Å². The lowest BCUT2D eigenvalue weighted by Crippen LogP contribution is -2.08. The first-order valence-corrected chi connectivity index (χ1v) is 13.0. The molecule has 0 fully saturated rings. The Hall–Kier alpha value is -0.910. The average Bonchev–Trinajstić information content (AvgIpc) is 2.77. The Morgan fingerprint density at radius 2 is 1.27 bits per heavy atom. The van der Waals surface area contributed by atoms with E-state index in [-0.39, 0.29) is 6.61 Å². The molecule has 0 radical (unpaired) electrons. The molecule has 0 spiro atoms. The normalized spacial score (nSPS) is 13.3. The first kappa shape index (κ1) is 27.1. The Morgan fingerprint density at radius 1 is 0.700 bits per heavy atom. The summed E-state index contributed by atoms with van der Waals surface area (Å²) in [4.78, 5) is 5.13. The molecule has 0 heterocycles. The summed E-state index contributed by atoms with van der Waals surface area (Å²) in [5.41, 5.74) is 0. The number of hydrogen-bond donors (Lipinski definition) is 0. The van der Waals surface area contributed by atoms with Crippen LogP contribution in [0.2, 0.25) is 0 Å². The number of phosphoric acid groups is 1. The van der Waals surface area contributed by atoms with E-state index in [1.54, 1.807) is 24.3 Å². The first-order valence-electron chi connectivity index (χ1n) is 11.6. The summed E-state index contributed by atoms with van der Waals surface area (Å²) in [6, 6.07) is 8.86. The summed E-state index contributed by atoms with van der Waals surface area (Å²) in [5, 5.41) is 0. The van der Waals surface area contributed by atoms with Crippen molar-refractivity contribution in [2.75, 3.05) is 26.4 Å². The predicted molar refractivity (Wildman–Crippen MR) is 121 cm³/mol. The van der Waals surface area contributed by atoms with Crippen LogP contribution < -0.4 is 4.89 Å². The molecule has 0 N–H and O–H groups in total. The van der Waals surface area contributed by atoms with E-state index in [2.05, 4.69) is 6.92 Å². The van der Waals surface area contributed by atoms with Crippen LogP contribution in [0.25, 0.3) is 0 Å². The average molecular weight is 445 g/mol. The van der Waals surface area contributed by atoms with Crippen molar-refractivity contribution in [1.82, 2.24) is 0 Å². The van der Waals surface area contributed by atoms with Crippen molar-refractivity contribution in [3.05, 3.63) is 30.3 Å². The third-order valence-corrected chi connectivity index (χ3v) is 5.90. The van der Waals surface area contributed by atoms with Crippen LogP contribution in [0.4, 0.5) is 0 Å². The van der Waals surface area contributed by atoms with Gasteiger partial charge in [-0.2, -0.15) is 0 Å². The number of hydrogen-bond acceptors (Lipinski definition) is 6. The van der Waals surface area contributed by atoms with Crippen molar-refractivity contribution in [2.45, 2.75) is 84.5 Å². The van der Waals surface area contributed by atoms with Crippen LogP contribution in [0.1, 0.15) is 84.5 Å². The molecule has 0 bridgehead atoms. The van der Waals surface area contributed by atoms with Gasteiger partial charge in [0, 0.05) is 6.61 Å². The van der Waals surface area contributed by atoms with Crippen LogP contribution in [0.5, 0.6) is 5.75 Å². The highest BCUT2D eigenvalue weighted by Crippen LogP contribution is 2.49. The highest BCUT2D eigenvalue weighted by atomic mass is 31.2. The Morgan fingerprint density at radius 3 is 1.87 bits per heavy atom. The molecular formula is C23H41O6P. The van der Waals surface area contributed by atoms with Crippen molar-refractivity contribution in [3.8, 4) is 5.75 Å². The lowest BCUT2D eigenvalue weighted by atomic mass is 10.1. The van der Waals surface area contributed by atoms with E-state index in [9.17, 15) is 4.57 Å². The van der Waals surface area contributed by atoms with Gasteiger partial charge >= 0.3 is 7.82 Å². The number of rotatable bonds is 21. The van der Waals surface area contributed by atoms with Crippen LogP contribution >= 0.6 is 7.82 Å². The zero-order valence-corrected chi connectivity index (χ0v) is 19.8.